The highest BCUT2D eigenvalue weighted by Gasteiger charge is 2.44. The minimum atomic E-state index is -2.65. The van der Waals surface area contributed by atoms with Gasteiger partial charge in [0.05, 0.1) is 38.0 Å². The van der Waals surface area contributed by atoms with E-state index in [-0.39, 0.29) is 18.2 Å². The van der Waals surface area contributed by atoms with Crippen molar-refractivity contribution in [1.82, 2.24) is 10.2 Å². The molecule has 10 heteroatoms. The first-order valence-electron chi connectivity index (χ1n) is 10.1. The molecule has 5 rings (SSSR count). The summed E-state index contributed by atoms with van der Waals surface area (Å²) in [7, 11) is -2.65. The van der Waals surface area contributed by atoms with E-state index in [1.54, 1.807) is 24.3 Å². The van der Waals surface area contributed by atoms with E-state index in [0.717, 1.165) is 26.1 Å². The first-order valence-corrected chi connectivity index (χ1v) is 12.4. The largest absolute Gasteiger partial charge is 0.501 e. The van der Waals surface area contributed by atoms with Crippen molar-refractivity contribution < 1.29 is 22.9 Å². The second kappa shape index (κ2) is 9.21. The van der Waals surface area contributed by atoms with Crippen molar-refractivity contribution in [2.24, 2.45) is 0 Å². The molecule has 4 heterocycles. The van der Waals surface area contributed by atoms with E-state index in [0.29, 0.717) is 43.1 Å². The summed E-state index contributed by atoms with van der Waals surface area (Å²) in [6.07, 6.45) is 0.915. The molecule has 1 aromatic rings. The molecular formula is C19H26ClN3O5Si. The monoisotopic (exact) mass is 439 g/mol. The molecular weight excluding hydrogens is 414 g/mol. The van der Waals surface area contributed by atoms with E-state index in [2.05, 4.69) is 10.2 Å². The van der Waals surface area contributed by atoms with E-state index in [4.69, 9.17) is 24.9 Å². The second-order valence-electron chi connectivity index (χ2n) is 7.43. The Morgan fingerprint density at radius 2 is 1.66 bits per heavy atom. The van der Waals surface area contributed by atoms with Gasteiger partial charge in [0, 0.05) is 30.7 Å². The number of amides is 2. The molecule has 0 aliphatic carbocycles. The summed E-state index contributed by atoms with van der Waals surface area (Å²) in [5, 5.41) is 3.78. The van der Waals surface area contributed by atoms with Crippen molar-refractivity contribution in [3.8, 4) is 0 Å². The van der Waals surface area contributed by atoms with Crippen LogP contribution in [-0.2, 0) is 22.9 Å². The number of benzene rings is 1. The lowest BCUT2D eigenvalue weighted by molar-refractivity contribution is -0.121. The van der Waals surface area contributed by atoms with Crippen molar-refractivity contribution in [1.29, 1.82) is 0 Å². The minimum absolute atomic E-state index is 0.156. The third-order valence-electron chi connectivity index (χ3n) is 5.47. The first-order chi connectivity index (χ1) is 14.1. The maximum atomic E-state index is 12.7. The van der Waals surface area contributed by atoms with Crippen molar-refractivity contribution in [2.75, 3.05) is 50.9 Å². The predicted octanol–water partition coefficient (Wildman–Crippen LogP) is 1.27. The highest BCUT2D eigenvalue weighted by Crippen LogP contribution is 2.25. The lowest BCUT2D eigenvalue weighted by atomic mass is 10.2. The molecule has 2 amide bonds. The highest BCUT2D eigenvalue weighted by molar-refractivity contribution is 6.60. The maximum Gasteiger partial charge on any atom is 0.501 e. The molecule has 1 atom stereocenters. The van der Waals surface area contributed by atoms with Gasteiger partial charge in [0.15, 0.2) is 0 Å². The quantitative estimate of drug-likeness (QED) is 0.406. The summed E-state index contributed by atoms with van der Waals surface area (Å²) in [4.78, 5) is 28.6. The minimum Gasteiger partial charge on any atom is -0.372 e. The topological polar surface area (TPSA) is 80.3 Å². The molecule has 0 saturated carbocycles. The van der Waals surface area contributed by atoms with Crippen LogP contribution in [0.25, 0.3) is 0 Å². The number of halogens is 1. The van der Waals surface area contributed by atoms with Crippen LogP contribution >= 0.6 is 11.6 Å². The highest BCUT2D eigenvalue weighted by atomic mass is 35.5. The normalized spacial score (nSPS) is 30.3. The number of nitrogens with one attached hydrogen (secondary N) is 1. The number of carbonyl (C=O) groups excluding carboxylic acids is 2. The molecule has 8 nitrogen and oxygen atoms in total. The first kappa shape index (κ1) is 20.9. The Bertz CT molecular complexity index is 723. The number of fused-ring (bicyclic) bond motifs is 6. The van der Waals surface area contributed by atoms with Gasteiger partial charge < -0.3 is 18.6 Å². The van der Waals surface area contributed by atoms with Crippen LogP contribution in [0.3, 0.4) is 0 Å². The van der Waals surface area contributed by atoms with Crippen LogP contribution < -0.4 is 10.2 Å². The molecule has 158 valence electrons. The van der Waals surface area contributed by atoms with E-state index < -0.39 is 14.8 Å². The molecule has 4 aliphatic heterocycles. The standard InChI is InChI=1S/C19H26ClN3O5Si/c20-15-2-4-16(5-3-15)23-18(24)14-17(19(23)25)21-6-1-13-29-26-10-7-22(8-11-27-29)9-12-28-29/h2-5,17,21H,1,6-14H2. The summed E-state index contributed by atoms with van der Waals surface area (Å²) < 4.78 is 18.1. The van der Waals surface area contributed by atoms with Crippen LogP contribution in [0.5, 0.6) is 0 Å². The average Bonchev–Trinajstić information content (AvgIpc) is 2.93. The zero-order chi connectivity index (χ0) is 20.3. The summed E-state index contributed by atoms with van der Waals surface area (Å²) >= 11 is 5.89. The van der Waals surface area contributed by atoms with Gasteiger partial charge in [0.1, 0.15) is 0 Å². The predicted molar refractivity (Wildman–Crippen MR) is 110 cm³/mol. The number of anilines is 1. The van der Waals surface area contributed by atoms with E-state index in [1.165, 1.54) is 4.90 Å². The van der Waals surface area contributed by atoms with E-state index in [9.17, 15) is 9.59 Å². The molecule has 29 heavy (non-hydrogen) atoms. The fraction of sp³-hybridized carbons (Fsp3) is 0.579. The number of hydrogen-bond acceptors (Lipinski definition) is 7. The Kier molecular flexibility index (Phi) is 6.65. The molecule has 2 bridgehead atoms. The van der Waals surface area contributed by atoms with Gasteiger partial charge in [0.25, 0.3) is 5.91 Å². The van der Waals surface area contributed by atoms with Gasteiger partial charge in [-0.1, -0.05) is 11.6 Å². The van der Waals surface area contributed by atoms with Gasteiger partial charge in [-0.2, -0.15) is 0 Å². The maximum absolute atomic E-state index is 12.7. The Morgan fingerprint density at radius 1 is 1.03 bits per heavy atom. The van der Waals surface area contributed by atoms with Crippen molar-refractivity contribution >= 4 is 37.9 Å². The number of carbonyl (C=O) groups is 2. The zero-order valence-electron chi connectivity index (χ0n) is 16.3. The Morgan fingerprint density at radius 3 is 2.28 bits per heavy atom. The second-order valence-corrected chi connectivity index (χ2v) is 10.6. The third-order valence-corrected chi connectivity index (χ3v) is 8.62. The Balaban J connectivity index is 1.28. The van der Waals surface area contributed by atoms with Gasteiger partial charge >= 0.3 is 8.80 Å². The van der Waals surface area contributed by atoms with Gasteiger partial charge in [-0.15, -0.1) is 0 Å². The van der Waals surface area contributed by atoms with Crippen LogP contribution in [-0.4, -0.2) is 77.6 Å². The summed E-state index contributed by atoms with van der Waals surface area (Å²) in [5.74, 6) is -0.434. The fourth-order valence-corrected chi connectivity index (χ4v) is 6.53. The summed E-state index contributed by atoms with van der Waals surface area (Å²) in [6.45, 7) is 5.23. The molecule has 1 unspecified atom stereocenters. The van der Waals surface area contributed by atoms with Gasteiger partial charge in [-0.25, -0.2) is 4.90 Å². The Hall–Kier alpha value is -1.33. The number of rotatable bonds is 6. The van der Waals surface area contributed by atoms with Gasteiger partial charge in [-0.05, 0) is 37.2 Å². The smallest absolute Gasteiger partial charge is 0.372 e. The lowest BCUT2D eigenvalue weighted by Crippen LogP contribution is -2.55. The van der Waals surface area contributed by atoms with Crippen molar-refractivity contribution in [3.05, 3.63) is 29.3 Å². The molecule has 1 aromatic carbocycles. The molecule has 0 aromatic heterocycles. The molecule has 4 fully saturated rings. The average molecular weight is 440 g/mol. The molecule has 4 aliphatic rings. The van der Waals surface area contributed by atoms with E-state index in [1.807, 2.05) is 0 Å². The van der Waals surface area contributed by atoms with E-state index >= 15 is 0 Å². The third kappa shape index (κ3) is 4.88. The van der Waals surface area contributed by atoms with Crippen LogP contribution in [0.15, 0.2) is 24.3 Å². The molecule has 4 saturated heterocycles. The van der Waals surface area contributed by atoms with Crippen molar-refractivity contribution in [3.63, 3.8) is 0 Å². The van der Waals surface area contributed by atoms with Crippen LogP contribution in [0, 0.1) is 0 Å². The van der Waals surface area contributed by atoms with Crippen LogP contribution in [0.1, 0.15) is 12.8 Å². The lowest BCUT2D eigenvalue weighted by Gasteiger charge is -2.38. The molecule has 1 N–H and O–H groups in total. The van der Waals surface area contributed by atoms with Gasteiger partial charge in [-0.3, -0.25) is 14.5 Å². The molecule has 0 spiro atoms. The number of imide groups is 1. The van der Waals surface area contributed by atoms with Gasteiger partial charge in [0.2, 0.25) is 5.91 Å². The zero-order valence-corrected chi connectivity index (χ0v) is 18.0. The fourth-order valence-electron chi connectivity index (χ4n) is 3.90. The number of nitrogens with zero attached hydrogens (tertiary/aromatic N) is 2. The van der Waals surface area contributed by atoms with Crippen molar-refractivity contribution in [2.45, 2.75) is 24.9 Å². The Labute approximate surface area is 176 Å². The van der Waals surface area contributed by atoms with Crippen LogP contribution in [0.4, 0.5) is 5.69 Å². The summed E-state index contributed by atoms with van der Waals surface area (Å²) in [5.41, 5.74) is 0.549. The SMILES string of the molecule is O=C1CC(NCCC[Si]23OCCN(CCO2)CCO3)C(=O)N1c1ccc(Cl)cc1. The number of hydrogen-bond donors (Lipinski definition) is 1. The summed E-state index contributed by atoms with van der Waals surface area (Å²) in [6, 6.07) is 6.90. The van der Waals surface area contributed by atoms with Crippen LogP contribution in [0.2, 0.25) is 11.1 Å². The molecule has 0 radical (unpaired) electrons.